The Labute approximate surface area is 143 Å². The van der Waals surface area contributed by atoms with Crippen molar-refractivity contribution in [3.05, 3.63) is 59.2 Å². The standard InChI is InChI=1S/C18H18F3NO3/c1-24-13-7-8-14(16(11-13)25-2)17(23)22-10-9-12-5-3-4-6-15(12)18(19,20)21/h3-8,11H,9-10H2,1-2H3,(H,22,23). The van der Waals surface area contributed by atoms with Crippen LogP contribution in [0.2, 0.25) is 0 Å². The van der Waals surface area contributed by atoms with Gasteiger partial charge in [-0.05, 0) is 30.2 Å². The highest BCUT2D eigenvalue weighted by atomic mass is 19.4. The number of rotatable bonds is 6. The Balaban J connectivity index is 2.05. The van der Waals surface area contributed by atoms with E-state index in [0.29, 0.717) is 11.5 Å². The third-order valence-electron chi connectivity index (χ3n) is 3.66. The van der Waals surface area contributed by atoms with Gasteiger partial charge >= 0.3 is 6.18 Å². The number of carbonyl (C=O) groups excluding carboxylic acids is 1. The number of nitrogens with one attached hydrogen (secondary N) is 1. The highest BCUT2D eigenvalue weighted by Crippen LogP contribution is 2.32. The zero-order chi connectivity index (χ0) is 18.4. The van der Waals surface area contributed by atoms with Crippen LogP contribution < -0.4 is 14.8 Å². The molecule has 0 radical (unpaired) electrons. The normalized spacial score (nSPS) is 11.1. The van der Waals surface area contributed by atoms with Gasteiger partial charge in [-0.1, -0.05) is 18.2 Å². The number of alkyl halides is 3. The molecule has 0 aliphatic rings. The smallest absolute Gasteiger partial charge is 0.416 e. The summed E-state index contributed by atoms with van der Waals surface area (Å²) in [5, 5.41) is 2.61. The molecule has 0 aliphatic heterocycles. The average molecular weight is 353 g/mol. The van der Waals surface area contributed by atoms with Crippen molar-refractivity contribution in [2.24, 2.45) is 0 Å². The molecule has 0 saturated carbocycles. The maximum atomic E-state index is 13.0. The third-order valence-corrected chi connectivity index (χ3v) is 3.66. The van der Waals surface area contributed by atoms with Gasteiger partial charge in [-0.2, -0.15) is 13.2 Å². The first kappa shape index (κ1) is 18.6. The summed E-state index contributed by atoms with van der Waals surface area (Å²) in [6.45, 7) is 0.0705. The number of halogens is 3. The number of amides is 1. The van der Waals surface area contributed by atoms with Gasteiger partial charge in [0.1, 0.15) is 11.5 Å². The van der Waals surface area contributed by atoms with Crippen molar-refractivity contribution >= 4 is 5.91 Å². The quantitative estimate of drug-likeness (QED) is 0.862. The van der Waals surface area contributed by atoms with E-state index in [0.717, 1.165) is 6.07 Å². The Morgan fingerprint density at radius 1 is 1.08 bits per heavy atom. The number of benzene rings is 2. The van der Waals surface area contributed by atoms with E-state index in [1.165, 1.54) is 32.4 Å². The summed E-state index contributed by atoms with van der Waals surface area (Å²) >= 11 is 0. The molecular formula is C18H18F3NO3. The van der Waals surface area contributed by atoms with Crippen LogP contribution >= 0.6 is 0 Å². The Morgan fingerprint density at radius 3 is 2.44 bits per heavy atom. The Hall–Kier alpha value is -2.70. The minimum absolute atomic E-state index is 0.0693. The van der Waals surface area contributed by atoms with E-state index in [2.05, 4.69) is 5.32 Å². The number of ether oxygens (including phenoxy) is 2. The van der Waals surface area contributed by atoms with Gasteiger partial charge in [0, 0.05) is 12.6 Å². The van der Waals surface area contributed by atoms with E-state index < -0.39 is 17.6 Å². The van der Waals surface area contributed by atoms with Crippen LogP contribution in [0.25, 0.3) is 0 Å². The summed E-state index contributed by atoms with van der Waals surface area (Å²) in [6, 6.07) is 10.0. The van der Waals surface area contributed by atoms with Gasteiger partial charge in [-0.15, -0.1) is 0 Å². The molecule has 1 N–H and O–H groups in total. The van der Waals surface area contributed by atoms with Crippen LogP contribution in [0.5, 0.6) is 11.5 Å². The van der Waals surface area contributed by atoms with Crippen LogP contribution in [0.15, 0.2) is 42.5 Å². The minimum Gasteiger partial charge on any atom is -0.497 e. The first-order valence-electron chi connectivity index (χ1n) is 7.52. The molecule has 2 rings (SSSR count). The maximum absolute atomic E-state index is 13.0. The van der Waals surface area contributed by atoms with Gasteiger partial charge in [0.25, 0.3) is 5.91 Å². The average Bonchev–Trinajstić information content (AvgIpc) is 2.60. The molecule has 0 saturated heterocycles. The van der Waals surface area contributed by atoms with Crippen molar-refractivity contribution in [1.29, 1.82) is 0 Å². The van der Waals surface area contributed by atoms with Crippen molar-refractivity contribution in [1.82, 2.24) is 5.32 Å². The molecule has 0 aliphatic carbocycles. The van der Waals surface area contributed by atoms with Gasteiger partial charge in [-0.25, -0.2) is 0 Å². The van der Waals surface area contributed by atoms with Crippen LogP contribution in [0.3, 0.4) is 0 Å². The fourth-order valence-corrected chi connectivity index (χ4v) is 2.41. The Kier molecular flexibility index (Phi) is 5.90. The molecule has 0 spiro atoms. The van der Waals surface area contributed by atoms with E-state index in [9.17, 15) is 18.0 Å². The van der Waals surface area contributed by atoms with E-state index in [1.807, 2.05) is 0 Å². The SMILES string of the molecule is COc1ccc(C(=O)NCCc2ccccc2C(F)(F)F)c(OC)c1. The summed E-state index contributed by atoms with van der Waals surface area (Å²) in [5.41, 5.74) is -0.268. The van der Waals surface area contributed by atoms with E-state index in [-0.39, 0.29) is 24.1 Å². The molecule has 7 heteroatoms. The van der Waals surface area contributed by atoms with Crippen molar-refractivity contribution < 1.29 is 27.4 Å². The number of carbonyl (C=O) groups is 1. The van der Waals surface area contributed by atoms with Crippen LogP contribution in [-0.4, -0.2) is 26.7 Å². The fourth-order valence-electron chi connectivity index (χ4n) is 2.41. The molecule has 0 unspecified atom stereocenters. The molecule has 134 valence electrons. The lowest BCUT2D eigenvalue weighted by Gasteiger charge is -2.13. The lowest BCUT2D eigenvalue weighted by molar-refractivity contribution is -0.138. The van der Waals surface area contributed by atoms with Crippen molar-refractivity contribution in [2.75, 3.05) is 20.8 Å². The molecule has 0 heterocycles. The van der Waals surface area contributed by atoms with E-state index in [1.54, 1.807) is 18.2 Å². The molecule has 2 aromatic rings. The molecule has 0 atom stereocenters. The summed E-state index contributed by atoms with van der Waals surface area (Å²) in [7, 11) is 2.91. The van der Waals surface area contributed by atoms with Gasteiger partial charge in [0.2, 0.25) is 0 Å². The highest BCUT2D eigenvalue weighted by Gasteiger charge is 2.32. The minimum atomic E-state index is -4.42. The van der Waals surface area contributed by atoms with Gasteiger partial charge in [0.05, 0.1) is 25.3 Å². The summed E-state index contributed by atoms with van der Waals surface area (Å²) in [5.74, 6) is 0.434. The lowest BCUT2D eigenvalue weighted by atomic mass is 10.0. The van der Waals surface area contributed by atoms with Crippen LogP contribution in [-0.2, 0) is 12.6 Å². The second kappa shape index (κ2) is 7.92. The molecule has 25 heavy (non-hydrogen) atoms. The molecule has 1 amide bonds. The largest absolute Gasteiger partial charge is 0.497 e. The predicted octanol–water partition coefficient (Wildman–Crippen LogP) is 3.70. The Bertz CT molecular complexity index is 745. The van der Waals surface area contributed by atoms with Gasteiger partial charge in [0.15, 0.2) is 0 Å². The molecule has 2 aromatic carbocycles. The molecule has 0 aromatic heterocycles. The highest BCUT2D eigenvalue weighted by molar-refractivity contribution is 5.97. The molecule has 0 bridgehead atoms. The molecule has 4 nitrogen and oxygen atoms in total. The van der Waals surface area contributed by atoms with Crippen LogP contribution in [0, 0.1) is 0 Å². The van der Waals surface area contributed by atoms with Crippen molar-refractivity contribution in [3.8, 4) is 11.5 Å². The van der Waals surface area contributed by atoms with Gasteiger partial charge < -0.3 is 14.8 Å². The predicted molar refractivity (Wildman–Crippen MR) is 87.0 cm³/mol. The number of hydrogen-bond acceptors (Lipinski definition) is 3. The molecular weight excluding hydrogens is 335 g/mol. The summed E-state index contributed by atoms with van der Waals surface area (Å²) < 4.78 is 49.1. The van der Waals surface area contributed by atoms with Crippen molar-refractivity contribution in [2.45, 2.75) is 12.6 Å². The number of hydrogen-bond donors (Lipinski definition) is 1. The van der Waals surface area contributed by atoms with E-state index >= 15 is 0 Å². The lowest BCUT2D eigenvalue weighted by Crippen LogP contribution is -2.26. The topological polar surface area (TPSA) is 47.6 Å². The van der Waals surface area contributed by atoms with E-state index in [4.69, 9.17) is 9.47 Å². The summed E-state index contributed by atoms with van der Waals surface area (Å²) in [4.78, 5) is 12.2. The summed E-state index contributed by atoms with van der Waals surface area (Å²) in [6.07, 6.45) is -4.35. The third kappa shape index (κ3) is 4.65. The fraction of sp³-hybridized carbons (Fsp3) is 0.278. The second-order valence-corrected chi connectivity index (χ2v) is 5.23. The zero-order valence-electron chi connectivity index (χ0n) is 13.8. The first-order chi connectivity index (χ1) is 11.9. The number of methoxy groups -OCH3 is 2. The zero-order valence-corrected chi connectivity index (χ0v) is 13.8. The Morgan fingerprint density at radius 2 is 1.80 bits per heavy atom. The van der Waals surface area contributed by atoms with Crippen LogP contribution in [0.4, 0.5) is 13.2 Å². The maximum Gasteiger partial charge on any atom is 0.416 e. The molecule has 0 fully saturated rings. The second-order valence-electron chi connectivity index (χ2n) is 5.23. The van der Waals surface area contributed by atoms with Crippen molar-refractivity contribution in [3.63, 3.8) is 0 Å². The monoisotopic (exact) mass is 353 g/mol. The first-order valence-corrected chi connectivity index (χ1v) is 7.52. The van der Waals surface area contributed by atoms with Crippen LogP contribution in [0.1, 0.15) is 21.5 Å². The van der Waals surface area contributed by atoms with Gasteiger partial charge in [-0.3, -0.25) is 4.79 Å².